The maximum atomic E-state index is 8.48. The third-order valence-electron chi connectivity index (χ3n) is 2.84. The topological polar surface area (TPSA) is 48.8 Å². The average molecular weight is 345 g/mol. The first-order chi connectivity index (χ1) is 9.26. The molecule has 0 aliphatic heterocycles. The van der Waals surface area contributed by atoms with Crippen molar-refractivity contribution in [2.45, 2.75) is 43.8 Å². The van der Waals surface area contributed by atoms with Crippen molar-refractivity contribution in [1.29, 1.82) is 0 Å². The fourth-order valence-electron chi connectivity index (χ4n) is 1.82. The van der Waals surface area contributed by atoms with E-state index in [9.17, 15) is 0 Å². The summed E-state index contributed by atoms with van der Waals surface area (Å²) >= 11 is 6.24. The van der Waals surface area contributed by atoms with Crippen LogP contribution in [0.2, 0.25) is 9.84 Å². The molecule has 0 aliphatic rings. The monoisotopic (exact) mass is 345 g/mol. The van der Waals surface area contributed by atoms with Gasteiger partial charge < -0.3 is 0 Å². The van der Waals surface area contributed by atoms with Gasteiger partial charge in [-0.1, -0.05) is 0 Å². The predicted octanol–water partition coefficient (Wildman–Crippen LogP) is 4.74. The number of hydrogen-bond acceptors (Lipinski definition) is 1. The Bertz CT molecular complexity index is 402. The number of nitrogens with zero attached hydrogens (tertiary/aromatic N) is 3. The van der Waals surface area contributed by atoms with Gasteiger partial charge in [-0.25, -0.2) is 0 Å². The van der Waals surface area contributed by atoms with E-state index in [2.05, 4.69) is 29.1 Å². The van der Waals surface area contributed by atoms with Gasteiger partial charge >= 0.3 is 126 Å². The molecule has 0 fully saturated rings. The Morgan fingerprint density at radius 1 is 1.26 bits per heavy atom. The molecule has 0 radical (unpaired) electrons. The normalized spacial score (nSPS) is 11.9. The van der Waals surface area contributed by atoms with Gasteiger partial charge in [0.05, 0.1) is 0 Å². The van der Waals surface area contributed by atoms with Gasteiger partial charge in [0, 0.05) is 0 Å². The molecule has 0 saturated carbocycles. The van der Waals surface area contributed by atoms with E-state index in [-0.39, 0.29) is 0 Å². The molecule has 0 amide bonds. The SMILES string of the molecule is CCCCCCC(CN=[N+]=[N-])[Se]c1ccc(Cl)cc1. The summed E-state index contributed by atoms with van der Waals surface area (Å²) in [7, 11) is 0. The van der Waals surface area contributed by atoms with Gasteiger partial charge in [0.1, 0.15) is 0 Å². The minimum atomic E-state index is 0.352. The van der Waals surface area contributed by atoms with Crippen LogP contribution in [-0.4, -0.2) is 21.5 Å². The Hall–Kier alpha value is -0.661. The van der Waals surface area contributed by atoms with Gasteiger partial charge in [-0.3, -0.25) is 0 Å². The molecule has 1 rings (SSSR count). The van der Waals surface area contributed by atoms with Crippen molar-refractivity contribution in [3.05, 3.63) is 39.7 Å². The molecule has 0 saturated heterocycles. The number of unbranched alkanes of at least 4 members (excludes halogenated alkanes) is 3. The number of azide groups is 1. The van der Waals surface area contributed by atoms with Crippen LogP contribution in [0.1, 0.15) is 39.0 Å². The van der Waals surface area contributed by atoms with Gasteiger partial charge in [-0.2, -0.15) is 0 Å². The van der Waals surface area contributed by atoms with Crippen LogP contribution in [0.4, 0.5) is 0 Å². The molecule has 5 heteroatoms. The summed E-state index contributed by atoms with van der Waals surface area (Å²) in [5.74, 6) is 0. The first-order valence-electron chi connectivity index (χ1n) is 6.69. The van der Waals surface area contributed by atoms with Crippen LogP contribution in [-0.2, 0) is 0 Å². The Morgan fingerprint density at radius 2 is 2.00 bits per heavy atom. The maximum absolute atomic E-state index is 8.48. The molecule has 1 unspecified atom stereocenters. The summed E-state index contributed by atoms with van der Waals surface area (Å²) in [6.45, 7) is 2.83. The van der Waals surface area contributed by atoms with Crippen molar-refractivity contribution in [3.63, 3.8) is 0 Å². The van der Waals surface area contributed by atoms with Crippen molar-refractivity contribution in [2.75, 3.05) is 6.54 Å². The quantitative estimate of drug-likeness (QED) is 0.204. The number of halogens is 1. The Balaban J connectivity index is 2.48. The molecule has 104 valence electrons. The van der Waals surface area contributed by atoms with Crippen molar-refractivity contribution < 1.29 is 0 Å². The van der Waals surface area contributed by atoms with Crippen molar-refractivity contribution in [2.24, 2.45) is 5.11 Å². The van der Waals surface area contributed by atoms with E-state index in [4.69, 9.17) is 17.1 Å². The molecular formula is C14H20ClN3Se. The summed E-state index contributed by atoms with van der Waals surface area (Å²) < 4.78 is 1.32. The second-order valence-electron chi connectivity index (χ2n) is 4.46. The fraction of sp³-hybridized carbons (Fsp3) is 0.571. The van der Waals surface area contributed by atoms with Crippen LogP contribution < -0.4 is 4.46 Å². The number of benzene rings is 1. The Morgan fingerprint density at radius 3 is 2.63 bits per heavy atom. The Labute approximate surface area is 126 Å². The second-order valence-corrected chi connectivity index (χ2v) is 7.78. The zero-order valence-corrected chi connectivity index (χ0v) is 13.7. The molecule has 0 aromatic heterocycles. The van der Waals surface area contributed by atoms with Crippen molar-refractivity contribution >= 4 is 31.0 Å². The van der Waals surface area contributed by atoms with Crippen LogP contribution >= 0.6 is 11.6 Å². The van der Waals surface area contributed by atoms with Gasteiger partial charge in [-0.05, 0) is 0 Å². The molecule has 19 heavy (non-hydrogen) atoms. The zero-order chi connectivity index (χ0) is 13.9. The van der Waals surface area contributed by atoms with Gasteiger partial charge in [0.25, 0.3) is 0 Å². The Kier molecular flexibility index (Phi) is 8.77. The zero-order valence-electron chi connectivity index (χ0n) is 11.3. The van der Waals surface area contributed by atoms with E-state index >= 15 is 0 Å². The van der Waals surface area contributed by atoms with E-state index in [1.807, 2.05) is 12.1 Å². The van der Waals surface area contributed by atoms with Crippen LogP contribution in [0.3, 0.4) is 0 Å². The molecule has 3 nitrogen and oxygen atoms in total. The molecule has 1 aromatic rings. The summed E-state index contributed by atoms with van der Waals surface area (Å²) in [4.78, 5) is 3.39. The third-order valence-corrected chi connectivity index (χ3v) is 5.75. The van der Waals surface area contributed by atoms with Gasteiger partial charge in [-0.15, -0.1) is 0 Å². The molecular weight excluding hydrogens is 325 g/mol. The molecule has 1 aromatic carbocycles. The van der Waals surface area contributed by atoms with E-state index in [1.165, 1.54) is 30.1 Å². The second kappa shape index (κ2) is 10.2. The van der Waals surface area contributed by atoms with Crippen molar-refractivity contribution in [1.82, 2.24) is 0 Å². The fourth-order valence-corrected chi connectivity index (χ4v) is 4.26. The van der Waals surface area contributed by atoms with E-state index < -0.39 is 0 Å². The third kappa shape index (κ3) is 7.49. The van der Waals surface area contributed by atoms with Crippen LogP contribution in [0, 0.1) is 0 Å². The predicted molar refractivity (Wildman–Crippen MR) is 83.4 cm³/mol. The van der Waals surface area contributed by atoms with Crippen molar-refractivity contribution in [3.8, 4) is 0 Å². The number of hydrogen-bond donors (Lipinski definition) is 0. The molecule has 0 heterocycles. The summed E-state index contributed by atoms with van der Waals surface area (Å²) in [5, 5.41) is 4.53. The standard InChI is InChI=1S/C14H20ClN3Se/c1-2-3-4-5-6-14(11-17-18-16)19-13-9-7-12(15)8-10-13/h7-10,14H,2-6,11H2,1H3. The summed E-state index contributed by atoms with van der Waals surface area (Å²) in [6, 6.07) is 8.02. The molecule has 0 N–H and O–H groups in total. The van der Waals surface area contributed by atoms with Crippen LogP contribution in [0.25, 0.3) is 10.4 Å². The van der Waals surface area contributed by atoms with Crippen LogP contribution in [0.5, 0.6) is 0 Å². The summed E-state index contributed by atoms with van der Waals surface area (Å²) in [6.07, 6.45) is 6.21. The first-order valence-corrected chi connectivity index (χ1v) is 8.91. The first kappa shape index (κ1) is 16.4. The average Bonchev–Trinajstić information content (AvgIpc) is 2.43. The van der Waals surface area contributed by atoms with E-state index in [0.717, 1.165) is 11.4 Å². The molecule has 0 aliphatic carbocycles. The minimum absolute atomic E-state index is 0.352. The number of rotatable bonds is 9. The van der Waals surface area contributed by atoms with Gasteiger partial charge in [0.2, 0.25) is 0 Å². The van der Waals surface area contributed by atoms with Crippen LogP contribution in [0.15, 0.2) is 29.4 Å². The van der Waals surface area contributed by atoms with E-state index in [1.54, 1.807) is 0 Å². The molecule has 0 bridgehead atoms. The van der Waals surface area contributed by atoms with E-state index in [0.29, 0.717) is 26.3 Å². The summed E-state index contributed by atoms with van der Waals surface area (Å²) in [5.41, 5.74) is 8.48. The van der Waals surface area contributed by atoms with Gasteiger partial charge in [0.15, 0.2) is 0 Å². The molecule has 0 spiro atoms. The molecule has 1 atom stereocenters.